The van der Waals surface area contributed by atoms with Crippen LogP contribution in [0.25, 0.3) is 11.0 Å². The molecule has 1 N–H and O–H groups in total. The lowest BCUT2D eigenvalue weighted by Gasteiger charge is -2.03. The average molecular weight is 396 g/mol. The molecule has 0 spiro atoms. The molecule has 0 aliphatic heterocycles. The van der Waals surface area contributed by atoms with Gasteiger partial charge >= 0.3 is 5.97 Å². The summed E-state index contributed by atoms with van der Waals surface area (Å²) in [5, 5.41) is 5.05. The van der Waals surface area contributed by atoms with Crippen LogP contribution in [-0.2, 0) is 11.2 Å². The Morgan fingerprint density at radius 1 is 1.21 bits per heavy atom. The molecule has 0 unspecified atom stereocenters. The number of ether oxygens (including phenoxy) is 1. The van der Waals surface area contributed by atoms with Crippen molar-refractivity contribution >= 4 is 28.6 Å². The number of nitrogens with one attached hydrogen (secondary N) is 1. The smallest absolute Gasteiger partial charge is 0.374 e. The van der Waals surface area contributed by atoms with Crippen molar-refractivity contribution in [2.24, 2.45) is 5.10 Å². The van der Waals surface area contributed by atoms with Gasteiger partial charge in [-0.15, -0.1) is 0 Å². The Bertz CT molecular complexity index is 1070. The van der Waals surface area contributed by atoms with Crippen LogP contribution in [0.1, 0.15) is 58.1 Å². The Morgan fingerprint density at radius 2 is 2.00 bits per heavy atom. The lowest BCUT2D eigenvalue weighted by atomic mass is 10.0. The lowest BCUT2D eigenvalue weighted by Crippen LogP contribution is -2.19. The first kappa shape index (κ1) is 20.4. The van der Waals surface area contributed by atoms with E-state index in [0.29, 0.717) is 29.9 Å². The van der Waals surface area contributed by atoms with E-state index in [1.54, 1.807) is 19.9 Å². The summed E-state index contributed by atoms with van der Waals surface area (Å²) in [6.45, 7) is 7.50. The molecular formula is C22H24N2O5. The van der Waals surface area contributed by atoms with Crippen LogP contribution in [0.15, 0.2) is 44.5 Å². The van der Waals surface area contributed by atoms with Gasteiger partial charge in [0.15, 0.2) is 0 Å². The number of hydrogen-bond acceptors (Lipinski definition) is 6. The van der Waals surface area contributed by atoms with E-state index in [4.69, 9.17) is 13.6 Å². The molecule has 0 saturated heterocycles. The van der Waals surface area contributed by atoms with Crippen molar-refractivity contribution in [2.75, 3.05) is 6.61 Å². The molecule has 1 aromatic carbocycles. The third kappa shape index (κ3) is 4.56. The van der Waals surface area contributed by atoms with Gasteiger partial charge in [-0.05, 0) is 64.3 Å². The number of amides is 1. The highest BCUT2D eigenvalue weighted by Crippen LogP contribution is 2.27. The number of carbonyl (C=O) groups is 2. The first-order valence-corrected chi connectivity index (χ1v) is 9.47. The van der Waals surface area contributed by atoms with Crippen molar-refractivity contribution in [2.45, 2.75) is 40.5 Å². The Kier molecular flexibility index (Phi) is 6.16. The summed E-state index contributed by atoms with van der Waals surface area (Å²) < 4.78 is 15.8. The molecule has 1 amide bonds. The summed E-state index contributed by atoms with van der Waals surface area (Å²) in [6, 6.07) is 7.44. The van der Waals surface area contributed by atoms with Crippen LogP contribution in [0.4, 0.5) is 0 Å². The maximum Gasteiger partial charge on any atom is 0.374 e. The third-order valence-electron chi connectivity index (χ3n) is 4.69. The molecule has 152 valence electrons. The molecule has 7 nitrogen and oxygen atoms in total. The highest BCUT2D eigenvalue weighted by atomic mass is 16.5. The number of furan rings is 2. The van der Waals surface area contributed by atoms with Gasteiger partial charge in [0, 0.05) is 16.7 Å². The molecule has 0 bridgehead atoms. The standard InChI is InChI=1S/C22H24N2O5/c1-5-27-22(26)20-14(3)18-12-16(8-9-19(18)29-20)7-6-13(2)23-24-21(25)17-10-11-28-15(17)4/h8-12H,5-7H2,1-4H3,(H,24,25). The maximum atomic E-state index is 12.1. The van der Waals surface area contributed by atoms with Crippen molar-refractivity contribution in [3.63, 3.8) is 0 Å². The summed E-state index contributed by atoms with van der Waals surface area (Å²) in [5.74, 6) is 0.0576. The number of esters is 1. The number of aryl methyl sites for hydroxylation is 3. The Labute approximate surface area is 168 Å². The Hall–Kier alpha value is -3.35. The zero-order valence-electron chi connectivity index (χ0n) is 17.0. The van der Waals surface area contributed by atoms with E-state index in [9.17, 15) is 9.59 Å². The number of rotatable bonds is 7. The number of nitrogens with zero attached hydrogens (tertiary/aromatic N) is 1. The quantitative estimate of drug-likeness (QED) is 0.359. The predicted molar refractivity (Wildman–Crippen MR) is 109 cm³/mol. The van der Waals surface area contributed by atoms with Gasteiger partial charge in [0.1, 0.15) is 11.3 Å². The predicted octanol–water partition coefficient (Wildman–Crippen LogP) is 4.56. The summed E-state index contributed by atoms with van der Waals surface area (Å²) in [7, 11) is 0. The molecule has 0 fully saturated rings. The highest BCUT2D eigenvalue weighted by Gasteiger charge is 2.18. The molecule has 0 atom stereocenters. The zero-order valence-corrected chi connectivity index (χ0v) is 17.0. The topological polar surface area (TPSA) is 94.0 Å². The van der Waals surface area contributed by atoms with Gasteiger partial charge in [0.2, 0.25) is 5.76 Å². The molecule has 2 aromatic heterocycles. The fraction of sp³-hybridized carbons (Fsp3) is 0.318. The van der Waals surface area contributed by atoms with E-state index in [1.165, 1.54) is 6.26 Å². The molecule has 3 rings (SSSR count). The lowest BCUT2D eigenvalue weighted by molar-refractivity contribution is 0.0491. The molecule has 2 heterocycles. The second-order valence-corrected chi connectivity index (χ2v) is 6.79. The SMILES string of the molecule is CCOC(=O)c1oc2ccc(CCC(C)=NNC(=O)c3ccoc3C)cc2c1C. The van der Waals surface area contributed by atoms with Crippen molar-refractivity contribution in [3.8, 4) is 0 Å². The molecule has 0 saturated carbocycles. The molecule has 0 radical (unpaired) electrons. The van der Waals surface area contributed by atoms with Crippen molar-refractivity contribution in [1.82, 2.24) is 5.43 Å². The fourth-order valence-electron chi connectivity index (χ4n) is 3.02. The van der Waals surface area contributed by atoms with Crippen molar-refractivity contribution in [1.29, 1.82) is 0 Å². The second kappa shape index (κ2) is 8.77. The Morgan fingerprint density at radius 3 is 2.69 bits per heavy atom. The summed E-state index contributed by atoms with van der Waals surface area (Å²) in [4.78, 5) is 24.1. The van der Waals surface area contributed by atoms with Crippen LogP contribution >= 0.6 is 0 Å². The van der Waals surface area contributed by atoms with Crippen LogP contribution in [0, 0.1) is 13.8 Å². The molecular weight excluding hydrogens is 372 g/mol. The molecule has 3 aromatic rings. The first-order chi connectivity index (χ1) is 13.9. The van der Waals surface area contributed by atoms with Crippen molar-refractivity contribution in [3.05, 3.63) is 58.7 Å². The van der Waals surface area contributed by atoms with Gasteiger partial charge in [-0.3, -0.25) is 4.79 Å². The van der Waals surface area contributed by atoms with Crippen LogP contribution in [-0.4, -0.2) is 24.2 Å². The fourth-order valence-corrected chi connectivity index (χ4v) is 3.02. The molecule has 0 aliphatic rings. The number of benzene rings is 1. The zero-order chi connectivity index (χ0) is 21.0. The van der Waals surface area contributed by atoms with Gasteiger partial charge in [0.05, 0.1) is 18.4 Å². The van der Waals surface area contributed by atoms with Gasteiger partial charge in [-0.2, -0.15) is 5.10 Å². The monoisotopic (exact) mass is 396 g/mol. The maximum absolute atomic E-state index is 12.1. The largest absolute Gasteiger partial charge is 0.469 e. The van der Waals surface area contributed by atoms with Gasteiger partial charge < -0.3 is 13.6 Å². The normalized spacial score (nSPS) is 11.7. The van der Waals surface area contributed by atoms with Crippen LogP contribution in [0.2, 0.25) is 0 Å². The van der Waals surface area contributed by atoms with E-state index in [1.807, 2.05) is 32.0 Å². The minimum Gasteiger partial charge on any atom is -0.469 e. The number of fused-ring (bicyclic) bond motifs is 1. The second-order valence-electron chi connectivity index (χ2n) is 6.79. The average Bonchev–Trinajstić information content (AvgIpc) is 3.28. The van der Waals surface area contributed by atoms with Crippen LogP contribution < -0.4 is 5.43 Å². The molecule has 0 aliphatic carbocycles. The number of hydrazone groups is 1. The number of carbonyl (C=O) groups excluding carboxylic acids is 2. The summed E-state index contributed by atoms with van der Waals surface area (Å²) in [6.07, 6.45) is 2.89. The third-order valence-corrected chi connectivity index (χ3v) is 4.69. The minimum absolute atomic E-state index is 0.244. The van der Waals surface area contributed by atoms with E-state index in [0.717, 1.165) is 28.6 Å². The van der Waals surface area contributed by atoms with Gasteiger partial charge in [-0.25, -0.2) is 10.2 Å². The minimum atomic E-state index is -0.450. The number of hydrogen-bond donors (Lipinski definition) is 1. The van der Waals surface area contributed by atoms with Gasteiger partial charge in [0.25, 0.3) is 5.91 Å². The van der Waals surface area contributed by atoms with E-state index < -0.39 is 5.97 Å². The summed E-state index contributed by atoms with van der Waals surface area (Å²) in [5.41, 5.74) is 6.34. The molecule has 29 heavy (non-hydrogen) atoms. The van der Waals surface area contributed by atoms with Gasteiger partial charge in [-0.1, -0.05) is 6.07 Å². The summed E-state index contributed by atoms with van der Waals surface area (Å²) >= 11 is 0. The van der Waals surface area contributed by atoms with Crippen LogP contribution in [0.3, 0.4) is 0 Å². The Balaban J connectivity index is 1.65. The van der Waals surface area contributed by atoms with Crippen molar-refractivity contribution < 1.29 is 23.2 Å². The van der Waals surface area contributed by atoms with Crippen LogP contribution in [0.5, 0.6) is 0 Å². The molecule has 7 heteroatoms. The van der Waals surface area contributed by atoms with E-state index in [2.05, 4.69) is 10.5 Å². The van der Waals surface area contributed by atoms with E-state index >= 15 is 0 Å². The highest BCUT2D eigenvalue weighted by molar-refractivity contribution is 5.97. The van der Waals surface area contributed by atoms with E-state index in [-0.39, 0.29) is 11.7 Å². The first-order valence-electron chi connectivity index (χ1n) is 9.47.